The van der Waals surface area contributed by atoms with Crippen LogP contribution in [0.5, 0.6) is 0 Å². The topological polar surface area (TPSA) is 154 Å². The number of fused-ring (bicyclic) bond motifs is 5. The number of aliphatic hydroxyl groups is 3. The summed E-state index contributed by atoms with van der Waals surface area (Å²) in [5, 5.41) is 38.6. The van der Waals surface area contributed by atoms with Crippen molar-refractivity contribution in [1.82, 2.24) is 5.43 Å². The number of esters is 1. The predicted molar refractivity (Wildman–Crippen MR) is 119 cm³/mol. The van der Waals surface area contributed by atoms with Crippen LogP contribution in [0.15, 0.2) is 16.8 Å². The summed E-state index contributed by atoms with van der Waals surface area (Å²) >= 11 is 0. The van der Waals surface area contributed by atoms with Gasteiger partial charge in [-0.2, -0.15) is 5.10 Å². The van der Waals surface area contributed by atoms with E-state index in [0.717, 1.165) is 24.8 Å². The van der Waals surface area contributed by atoms with Gasteiger partial charge in [-0.3, -0.25) is 0 Å². The van der Waals surface area contributed by atoms with Crippen LogP contribution in [-0.2, 0) is 9.53 Å². The highest BCUT2D eigenvalue weighted by Crippen LogP contribution is 2.70. The molecule has 2 amide bonds. The molecule has 5 aliphatic rings. The lowest BCUT2D eigenvalue weighted by Gasteiger charge is -2.65. The molecule has 0 aromatic rings. The number of carbonyl (C=O) groups excluding carboxylic acids is 2. The van der Waals surface area contributed by atoms with Crippen LogP contribution >= 0.6 is 0 Å². The zero-order valence-corrected chi connectivity index (χ0v) is 19.1. The lowest BCUT2D eigenvalue weighted by molar-refractivity contribution is -0.237. The molecule has 8 atom stereocenters. The molecule has 5 rings (SSSR count). The number of nitrogens with one attached hydrogen (secondary N) is 1. The van der Waals surface area contributed by atoms with Crippen molar-refractivity contribution in [3.8, 4) is 0 Å². The second-order valence-electron chi connectivity index (χ2n) is 11.3. The normalized spacial score (nSPS) is 49.1. The van der Waals surface area contributed by atoms with Crippen LogP contribution in [0.1, 0.15) is 64.7 Å². The highest BCUT2D eigenvalue weighted by atomic mass is 16.5. The van der Waals surface area contributed by atoms with E-state index in [1.54, 1.807) is 12.3 Å². The van der Waals surface area contributed by atoms with Crippen LogP contribution in [0.25, 0.3) is 0 Å². The number of nitrogens with two attached hydrogens (primary N) is 1. The lowest BCUT2D eigenvalue weighted by atomic mass is 9.41. The number of hydrogen-bond acceptors (Lipinski definition) is 7. The van der Waals surface area contributed by atoms with Gasteiger partial charge in [0.25, 0.3) is 0 Å². The summed E-state index contributed by atoms with van der Waals surface area (Å²) in [5.41, 5.74) is 5.21. The molecule has 1 heterocycles. The van der Waals surface area contributed by atoms with E-state index >= 15 is 0 Å². The number of urea groups is 1. The van der Waals surface area contributed by atoms with Gasteiger partial charge in [-0.1, -0.05) is 6.92 Å². The minimum atomic E-state index is -1.16. The van der Waals surface area contributed by atoms with Crippen molar-refractivity contribution >= 4 is 18.2 Å². The largest absolute Gasteiger partial charge is 0.458 e. The molecule has 8 unspecified atom stereocenters. The van der Waals surface area contributed by atoms with Gasteiger partial charge in [-0.25, -0.2) is 15.0 Å². The highest BCUT2D eigenvalue weighted by Gasteiger charge is 2.71. The van der Waals surface area contributed by atoms with Crippen molar-refractivity contribution in [2.75, 3.05) is 6.61 Å². The number of primary amides is 1. The van der Waals surface area contributed by atoms with Crippen molar-refractivity contribution in [3.05, 3.63) is 11.6 Å². The van der Waals surface area contributed by atoms with Crippen LogP contribution in [-0.4, -0.2) is 57.4 Å². The molecular weight excluding hydrogens is 426 g/mol. The van der Waals surface area contributed by atoms with Crippen molar-refractivity contribution < 1.29 is 29.6 Å². The Bertz CT molecular complexity index is 922. The van der Waals surface area contributed by atoms with E-state index in [0.29, 0.717) is 38.7 Å². The van der Waals surface area contributed by atoms with Crippen LogP contribution in [0.4, 0.5) is 4.79 Å². The molecule has 0 bridgehead atoms. The van der Waals surface area contributed by atoms with E-state index in [1.165, 1.54) is 0 Å². The average Bonchev–Trinajstić information content (AvgIpc) is 3.28. The van der Waals surface area contributed by atoms with Gasteiger partial charge < -0.3 is 25.8 Å². The Morgan fingerprint density at radius 2 is 1.94 bits per heavy atom. The van der Waals surface area contributed by atoms with Crippen LogP contribution in [0, 0.1) is 28.6 Å². The first-order chi connectivity index (χ1) is 15.5. The fraction of sp³-hybridized carbons (Fsp3) is 0.792. The van der Waals surface area contributed by atoms with Gasteiger partial charge in [0, 0.05) is 29.5 Å². The summed E-state index contributed by atoms with van der Waals surface area (Å²) in [6.45, 7) is 2.45. The standard InChI is InChI=1S/C24H35N3O6/c1-21-6-3-17-18(24(21,32)9-5-16(21)14-10-19(29)33-12-14)4-8-23(31)11-15(28)2-7-22(17,23)13-26-27-20(25)30/h10,13,15-18,28,31-32H,2-9,11-12H2,1H3,(H3,25,27,30)/b26-13+. The summed E-state index contributed by atoms with van der Waals surface area (Å²) in [7, 11) is 0. The molecule has 9 nitrogen and oxygen atoms in total. The summed E-state index contributed by atoms with van der Waals surface area (Å²) in [6, 6.07) is -0.774. The van der Waals surface area contributed by atoms with Gasteiger partial charge in [-0.05, 0) is 74.7 Å². The van der Waals surface area contributed by atoms with E-state index in [4.69, 9.17) is 10.5 Å². The number of cyclic esters (lactones) is 1. The first-order valence-corrected chi connectivity index (χ1v) is 12.1. The minimum absolute atomic E-state index is 0.0468. The van der Waals surface area contributed by atoms with Gasteiger partial charge in [-0.15, -0.1) is 0 Å². The van der Waals surface area contributed by atoms with Gasteiger partial charge in [0.05, 0.1) is 17.3 Å². The molecule has 182 valence electrons. The zero-order valence-electron chi connectivity index (χ0n) is 19.1. The second kappa shape index (κ2) is 7.52. The number of rotatable bonds is 3. The maximum Gasteiger partial charge on any atom is 0.332 e. The number of nitrogens with zero attached hydrogens (tertiary/aromatic N) is 1. The second-order valence-corrected chi connectivity index (χ2v) is 11.3. The number of amides is 2. The number of ether oxygens (including phenoxy) is 1. The van der Waals surface area contributed by atoms with Gasteiger partial charge in [0.2, 0.25) is 0 Å². The van der Waals surface area contributed by atoms with E-state index in [1.807, 2.05) is 0 Å². The fourth-order valence-electron chi connectivity index (χ4n) is 8.57. The Kier molecular flexibility index (Phi) is 5.19. The lowest BCUT2D eigenvalue weighted by Crippen LogP contribution is -2.68. The molecule has 6 N–H and O–H groups in total. The van der Waals surface area contributed by atoms with Gasteiger partial charge >= 0.3 is 12.0 Å². The Morgan fingerprint density at radius 1 is 1.18 bits per heavy atom. The molecule has 0 saturated heterocycles. The first kappa shape index (κ1) is 22.8. The average molecular weight is 462 g/mol. The smallest absolute Gasteiger partial charge is 0.332 e. The number of aliphatic hydroxyl groups excluding tert-OH is 1. The third-order valence-corrected chi connectivity index (χ3v) is 10.1. The molecule has 33 heavy (non-hydrogen) atoms. The first-order valence-electron chi connectivity index (χ1n) is 12.1. The van der Waals surface area contributed by atoms with Crippen LogP contribution in [0.3, 0.4) is 0 Å². The third-order valence-electron chi connectivity index (χ3n) is 10.1. The molecule has 0 aromatic carbocycles. The van der Waals surface area contributed by atoms with E-state index in [-0.39, 0.29) is 35.6 Å². The molecule has 0 spiro atoms. The predicted octanol–water partition coefficient (Wildman–Crippen LogP) is 1.35. The maximum atomic E-state index is 12.3. The van der Waals surface area contributed by atoms with Crippen molar-refractivity contribution in [3.63, 3.8) is 0 Å². The van der Waals surface area contributed by atoms with E-state index in [9.17, 15) is 24.9 Å². The van der Waals surface area contributed by atoms with E-state index < -0.39 is 28.8 Å². The maximum absolute atomic E-state index is 12.3. The molecule has 0 radical (unpaired) electrons. The molecule has 4 saturated carbocycles. The van der Waals surface area contributed by atoms with Crippen molar-refractivity contribution in [2.45, 2.75) is 82.0 Å². The van der Waals surface area contributed by atoms with Crippen molar-refractivity contribution in [2.24, 2.45) is 39.4 Å². The van der Waals surface area contributed by atoms with Gasteiger partial charge in [0.1, 0.15) is 6.61 Å². The monoisotopic (exact) mass is 461 g/mol. The highest BCUT2D eigenvalue weighted by molar-refractivity contribution is 5.85. The van der Waals surface area contributed by atoms with Crippen LogP contribution in [0.2, 0.25) is 0 Å². The van der Waals surface area contributed by atoms with Crippen LogP contribution < -0.4 is 11.2 Å². The zero-order chi connectivity index (χ0) is 23.6. The van der Waals surface area contributed by atoms with E-state index in [2.05, 4.69) is 17.5 Å². The Hall–Kier alpha value is -1.97. The Morgan fingerprint density at radius 3 is 2.64 bits per heavy atom. The summed E-state index contributed by atoms with van der Waals surface area (Å²) in [4.78, 5) is 23.0. The summed E-state index contributed by atoms with van der Waals surface area (Å²) in [5.74, 6) is -0.326. The van der Waals surface area contributed by atoms with Gasteiger partial charge in [0.15, 0.2) is 0 Å². The Balaban J connectivity index is 1.52. The molecule has 4 fully saturated rings. The molecule has 9 heteroatoms. The molecular formula is C24H35N3O6. The molecule has 0 aromatic heterocycles. The molecule has 1 aliphatic heterocycles. The summed E-state index contributed by atoms with van der Waals surface area (Å²) < 4.78 is 5.18. The summed E-state index contributed by atoms with van der Waals surface area (Å²) in [6.07, 6.45) is 8.02. The third kappa shape index (κ3) is 3.12. The number of carbonyl (C=O) groups is 2. The van der Waals surface area contributed by atoms with Crippen molar-refractivity contribution in [1.29, 1.82) is 0 Å². The minimum Gasteiger partial charge on any atom is -0.458 e. The quantitative estimate of drug-likeness (QED) is 0.243. The molecule has 4 aliphatic carbocycles. The Labute approximate surface area is 193 Å². The number of hydrazone groups is 1. The SMILES string of the molecule is CC12CCC3C(CCC4(O)CC(O)CCC34/C=N/NC(N)=O)C1(O)CCC2C1=CC(=O)OC1. The number of hydrogen-bond donors (Lipinski definition) is 5. The fourth-order valence-corrected chi connectivity index (χ4v) is 8.57.